The molecule has 1 amide bonds. The topological polar surface area (TPSA) is 86.6 Å². The molecule has 0 aromatic heterocycles. The van der Waals surface area contributed by atoms with Crippen LogP contribution in [0, 0.1) is 0 Å². The third-order valence-corrected chi connectivity index (χ3v) is 4.28. The maximum atomic E-state index is 12.3. The minimum Gasteiger partial charge on any atom is -0.480 e. The molecule has 0 aliphatic heterocycles. The van der Waals surface area contributed by atoms with Crippen LogP contribution in [-0.2, 0) is 16.0 Å². The van der Waals surface area contributed by atoms with Crippen LogP contribution in [0.25, 0.3) is 10.8 Å². The van der Waals surface area contributed by atoms with Crippen LogP contribution in [-0.4, -0.2) is 28.1 Å². The Bertz CT molecular complexity index is 918. The Kier molecular flexibility index (Phi) is 5.29. The van der Waals surface area contributed by atoms with E-state index < -0.39 is 24.0 Å². The Morgan fingerprint density at radius 1 is 0.885 bits per heavy atom. The zero-order chi connectivity index (χ0) is 18.5. The van der Waals surface area contributed by atoms with Crippen molar-refractivity contribution in [3.63, 3.8) is 0 Å². The van der Waals surface area contributed by atoms with E-state index in [4.69, 9.17) is 0 Å². The minimum absolute atomic E-state index is 0.129. The number of nitrogens with one attached hydrogen (secondary N) is 1. The summed E-state index contributed by atoms with van der Waals surface area (Å²) in [5, 5.41) is 24.1. The lowest BCUT2D eigenvalue weighted by Crippen LogP contribution is -2.44. The molecule has 0 bridgehead atoms. The third-order valence-electron chi connectivity index (χ3n) is 4.28. The summed E-state index contributed by atoms with van der Waals surface area (Å²) in [6.45, 7) is 0. The van der Waals surface area contributed by atoms with Crippen molar-refractivity contribution in [1.82, 2.24) is 5.32 Å². The van der Waals surface area contributed by atoms with Crippen LogP contribution >= 0.6 is 0 Å². The van der Waals surface area contributed by atoms with E-state index in [1.165, 1.54) is 0 Å². The number of carboxylic acid groups (broad SMARTS) is 1. The number of carbonyl (C=O) groups excluding carboxylic acids is 1. The van der Waals surface area contributed by atoms with Crippen molar-refractivity contribution in [2.24, 2.45) is 0 Å². The van der Waals surface area contributed by atoms with Gasteiger partial charge in [0.25, 0.3) is 5.91 Å². The standard InChI is InChI=1S/C21H19NO4/c23-19(15-8-2-1-3-9-15)20(24)22-18(21(25)26)13-16-11-6-10-14-7-4-5-12-17(14)16/h1-12,18-19,23H,13H2,(H,22,24)(H,25,26)/t18-,19-/m0/s1. The van der Waals surface area contributed by atoms with Gasteiger partial charge in [-0.25, -0.2) is 4.79 Å². The first-order valence-corrected chi connectivity index (χ1v) is 8.29. The molecule has 0 fully saturated rings. The average molecular weight is 349 g/mol. The van der Waals surface area contributed by atoms with Gasteiger partial charge in [-0.3, -0.25) is 4.79 Å². The zero-order valence-electron chi connectivity index (χ0n) is 14.0. The summed E-state index contributed by atoms with van der Waals surface area (Å²) in [6.07, 6.45) is -1.28. The Morgan fingerprint density at radius 3 is 2.27 bits per heavy atom. The molecule has 5 nitrogen and oxygen atoms in total. The van der Waals surface area contributed by atoms with E-state index in [-0.39, 0.29) is 6.42 Å². The number of aliphatic hydroxyl groups excluding tert-OH is 1. The summed E-state index contributed by atoms with van der Waals surface area (Å²) in [5.41, 5.74) is 1.24. The van der Waals surface area contributed by atoms with Gasteiger partial charge in [0.1, 0.15) is 6.04 Å². The molecule has 0 unspecified atom stereocenters. The van der Waals surface area contributed by atoms with Gasteiger partial charge in [-0.05, 0) is 21.9 Å². The first-order valence-electron chi connectivity index (χ1n) is 8.29. The maximum absolute atomic E-state index is 12.3. The second-order valence-electron chi connectivity index (χ2n) is 6.06. The third kappa shape index (κ3) is 3.90. The lowest BCUT2D eigenvalue weighted by molar-refractivity contribution is -0.143. The van der Waals surface area contributed by atoms with E-state index in [1.807, 2.05) is 42.5 Å². The van der Waals surface area contributed by atoms with Crippen LogP contribution in [0.2, 0.25) is 0 Å². The first kappa shape index (κ1) is 17.6. The Hall–Kier alpha value is -3.18. The van der Waals surface area contributed by atoms with Crippen LogP contribution < -0.4 is 5.32 Å². The van der Waals surface area contributed by atoms with Gasteiger partial charge < -0.3 is 15.5 Å². The van der Waals surface area contributed by atoms with E-state index in [0.717, 1.165) is 16.3 Å². The summed E-state index contributed by atoms with van der Waals surface area (Å²) < 4.78 is 0. The van der Waals surface area contributed by atoms with E-state index in [2.05, 4.69) is 5.32 Å². The summed E-state index contributed by atoms with van der Waals surface area (Å²) in [5.74, 6) is -1.88. The first-order chi connectivity index (χ1) is 12.6. The molecular formula is C21H19NO4. The molecule has 0 aliphatic rings. The normalized spacial score (nSPS) is 13.1. The molecule has 5 heteroatoms. The maximum Gasteiger partial charge on any atom is 0.326 e. The fourth-order valence-corrected chi connectivity index (χ4v) is 2.93. The molecule has 0 heterocycles. The van der Waals surface area contributed by atoms with Gasteiger partial charge in [0, 0.05) is 6.42 Å². The summed E-state index contributed by atoms with van der Waals surface area (Å²) in [6, 6.07) is 20.6. The predicted octanol–water partition coefficient (Wildman–Crippen LogP) is 2.69. The lowest BCUT2D eigenvalue weighted by Gasteiger charge is -2.18. The van der Waals surface area contributed by atoms with Crippen LogP contribution in [0.15, 0.2) is 72.8 Å². The van der Waals surface area contributed by atoms with Gasteiger partial charge >= 0.3 is 5.97 Å². The number of rotatable bonds is 6. The van der Waals surface area contributed by atoms with Gasteiger partial charge in [0.15, 0.2) is 6.10 Å². The largest absolute Gasteiger partial charge is 0.480 e. The van der Waals surface area contributed by atoms with E-state index in [9.17, 15) is 19.8 Å². The van der Waals surface area contributed by atoms with Gasteiger partial charge in [0.2, 0.25) is 0 Å². The Balaban J connectivity index is 1.79. The van der Waals surface area contributed by atoms with E-state index in [1.54, 1.807) is 30.3 Å². The molecule has 3 aromatic carbocycles. The minimum atomic E-state index is -1.41. The molecule has 0 saturated carbocycles. The quantitative estimate of drug-likeness (QED) is 0.639. The number of hydrogen-bond donors (Lipinski definition) is 3. The van der Waals surface area contributed by atoms with Crippen molar-refractivity contribution in [1.29, 1.82) is 0 Å². The molecule has 3 aromatic rings. The monoisotopic (exact) mass is 349 g/mol. The van der Waals surface area contributed by atoms with Gasteiger partial charge in [0.05, 0.1) is 0 Å². The van der Waals surface area contributed by atoms with E-state index in [0.29, 0.717) is 5.56 Å². The lowest BCUT2D eigenvalue weighted by atomic mass is 9.98. The fraction of sp³-hybridized carbons (Fsp3) is 0.143. The van der Waals surface area contributed by atoms with Crippen molar-refractivity contribution < 1.29 is 19.8 Å². The smallest absolute Gasteiger partial charge is 0.326 e. The number of carboxylic acids is 1. The number of aliphatic hydroxyl groups is 1. The molecule has 0 saturated heterocycles. The van der Waals surface area contributed by atoms with Crippen molar-refractivity contribution >= 4 is 22.6 Å². The fourth-order valence-electron chi connectivity index (χ4n) is 2.93. The number of carbonyl (C=O) groups is 2. The Morgan fingerprint density at radius 2 is 1.54 bits per heavy atom. The Labute approximate surface area is 150 Å². The molecule has 132 valence electrons. The highest BCUT2D eigenvalue weighted by molar-refractivity contribution is 5.89. The van der Waals surface area contributed by atoms with Gasteiger partial charge in [-0.2, -0.15) is 0 Å². The van der Waals surface area contributed by atoms with Crippen molar-refractivity contribution in [2.75, 3.05) is 0 Å². The highest BCUT2D eigenvalue weighted by Crippen LogP contribution is 2.20. The average Bonchev–Trinajstić information content (AvgIpc) is 2.67. The number of hydrogen-bond acceptors (Lipinski definition) is 3. The van der Waals surface area contributed by atoms with Crippen molar-refractivity contribution in [3.8, 4) is 0 Å². The zero-order valence-corrected chi connectivity index (χ0v) is 14.0. The molecular weight excluding hydrogens is 330 g/mol. The van der Waals surface area contributed by atoms with E-state index >= 15 is 0 Å². The van der Waals surface area contributed by atoms with Gasteiger partial charge in [-0.1, -0.05) is 72.8 Å². The highest BCUT2D eigenvalue weighted by Gasteiger charge is 2.25. The molecule has 3 rings (SSSR count). The molecule has 0 radical (unpaired) electrons. The van der Waals surface area contributed by atoms with Crippen molar-refractivity contribution in [2.45, 2.75) is 18.6 Å². The second kappa shape index (κ2) is 7.80. The number of benzene rings is 3. The molecule has 3 N–H and O–H groups in total. The highest BCUT2D eigenvalue weighted by atomic mass is 16.4. The van der Waals surface area contributed by atoms with Crippen molar-refractivity contribution in [3.05, 3.63) is 83.9 Å². The molecule has 0 aliphatic carbocycles. The SMILES string of the molecule is O=C(O)[C@H](Cc1cccc2ccccc12)NC(=O)[C@@H](O)c1ccccc1. The van der Waals surface area contributed by atoms with Crippen LogP contribution in [0.4, 0.5) is 0 Å². The van der Waals surface area contributed by atoms with Gasteiger partial charge in [-0.15, -0.1) is 0 Å². The molecule has 0 spiro atoms. The number of aliphatic carboxylic acids is 1. The van der Waals surface area contributed by atoms with Crippen LogP contribution in [0.5, 0.6) is 0 Å². The molecule has 26 heavy (non-hydrogen) atoms. The van der Waals surface area contributed by atoms with Crippen LogP contribution in [0.3, 0.4) is 0 Å². The van der Waals surface area contributed by atoms with Crippen LogP contribution in [0.1, 0.15) is 17.2 Å². The molecule has 2 atom stereocenters. The summed E-state index contributed by atoms with van der Waals surface area (Å²) in [4.78, 5) is 23.9. The second-order valence-corrected chi connectivity index (χ2v) is 6.06. The predicted molar refractivity (Wildman–Crippen MR) is 98.6 cm³/mol. The summed E-state index contributed by atoms with van der Waals surface area (Å²) in [7, 11) is 0. The number of fused-ring (bicyclic) bond motifs is 1. The summed E-state index contributed by atoms with van der Waals surface area (Å²) >= 11 is 0. The number of amides is 1.